The van der Waals surface area contributed by atoms with Gasteiger partial charge in [0.05, 0.1) is 30.6 Å². The molecule has 1 fully saturated rings. The lowest BCUT2D eigenvalue weighted by Gasteiger charge is -2.01. The summed E-state index contributed by atoms with van der Waals surface area (Å²) in [6.07, 6.45) is 5.76. The first-order valence-electron chi connectivity index (χ1n) is 8.90. The molecule has 1 aliphatic rings. The molecule has 2 aromatic heterocycles. The average molecular weight is 367 g/mol. The van der Waals surface area contributed by atoms with Gasteiger partial charge < -0.3 is 4.74 Å². The summed E-state index contributed by atoms with van der Waals surface area (Å²) in [5.41, 5.74) is 3.94. The third-order valence-electron chi connectivity index (χ3n) is 4.40. The summed E-state index contributed by atoms with van der Waals surface area (Å²) in [6, 6.07) is 8.45. The number of esters is 1. The number of hydrogen-bond donors (Lipinski definition) is 0. The van der Waals surface area contributed by atoms with Crippen molar-refractivity contribution in [3.8, 4) is 10.6 Å². The van der Waals surface area contributed by atoms with E-state index in [0.29, 0.717) is 24.6 Å². The molecule has 4 rings (SSSR count). The van der Waals surface area contributed by atoms with Crippen LogP contribution < -0.4 is 0 Å². The van der Waals surface area contributed by atoms with Crippen molar-refractivity contribution in [2.24, 2.45) is 0 Å². The topological polar surface area (TPSA) is 57.0 Å². The van der Waals surface area contributed by atoms with Gasteiger partial charge in [-0.05, 0) is 38.7 Å². The van der Waals surface area contributed by atoms with E-state index < -0.39 is 0 Å². The van der Waals surface area contributed by atoms with Gasteiger partial charge in [0.1, 0.15) is 5.01 Å². The fourth-order valence-electron chi connectivity index (χ4n) is 2.97. The molecule has 0 N–H and O–H groups in total. The van der Waals surface area contributed by atoms with E-state index in [2.05, 4.69) is 36.3 Å². The summed E-state index contributed by atoms with van der Waals surface area (Å²) >= 11 is 1.79. The normalized spacial score (nSPS) is 13.8. The SMILES string of the molecule is CCOC(=O)c1cnn(Cc2nc(-c3cccc(C)c3)sc2C2CC2)c1. The zero-order valence-electron chi connectivity index (χ0n) is 14.9. The predicted octanol–water partition coefficient (Wildman–Crippen LogP) is 4.42. The van der Waals surface area contributed by atoms with Crippen LogP contribution in [0.15, 0.2) is 36.7 Å². The highest BCUT2D eigenvalue weighted by atomic mass is 32.1. The van der Waals surface area contributed by atoms with E-state index in [1.54, 1.807) is 35.3 Å². The number of carbonyl (C=O) groups excluding carboxylic acids is 1. The minimum absolute atomic E-state index is 0.333. The van der Waals surface area contributed by atoms with E-state index in [4.69, 9.17) is 9.72 Å². The highest BCUT2D eigenvalue weighted by Crippen LogP contribution is 2.46. The second kappa shape index (κ2) is 7.03. The summed E-state index contributed by atoms with van der Waals surface area (Å²) in [4.78, 5) is 18.1. The number of hydrogen-bond acceptors (Lipinski definition) is 5. The Morgan fingerprint density at radius 3 is 2.96 bits per heavy atom. The van der Waals surface area contributed by atoms with Crippen LogP contribution in [0.2, 0.25) is 0 Å². The molecule has 3 aromatic rings. The number of aryl methyl sites for hydroxylation is 1. The molecule has 1 aromatic carbocycles. The lowest BCUT2D eigenvalue weighted by molar-refractivity contribution is 0.0526. The predicted molar refractivity (Wildman–Crippen MR) is 102 cm³/mol. The summed E-state index contributed by atoms with van der Waals surface area (Å²) in [7, 11) is 0. The maximum atomic E-state index is 11.8. The number of rotatable bonds is 6. The van der Waals surface area contributed by atoms with Gasteiger partial charge in [-0.1, -0.05) is 23.8 Å². The van der Waals surface area contributed by atoms with E-state index in [-0.39, 0.29) is 5.97 Å². The Morgan fingerprint density at radius 2 is 2.23 bits per heavy atom. The van der Waals surface area contributed by atoms with Crippen LogP contribution in [0, 0.1) is 6.92 Å². The molecule has 0 aliphatic heterocycles. The summed E-state index contributed by atoms with van der Waals surface area (Å²) in [5, 5.41) is 5.37. The van der Waals surface area contributed by atoms with Crippen LogP contribution >= 0.6 is 11.3 Å². The largest absolute Gasteiger partial charge is 0.462 e. The molecule has 26 heavy (non-hydrogen) atoms. The van der Waals surface area contributed by atoms with Crippen molar-refractivity contribution in [1.29, 1.82) is 0 Å². The second-order valence-corrected chi connectivity index (χ2v) is 7.65. The Morgan fingerprint density at radius 1 is 1.38 bits per heavy atom. The Labute approximate surface area is 156 Å². The zero-order chi connectivity index (χ0) is 18.1. The molecule has 0 bridgehead atoms. The number of nitrogens with zero attached hydrogens (tertiary/aromatic N) is 3. The van der Waals surface area contributed by atoms with Gasteiger partial charge in [0.15, 0.2) is 0 Å². The first-order valence-corrected chi connectivity index (χ1v) is 9.72. The van der Waals surface area contributed by atoms with E-state index in [0.717, 1.165) is 16.3 Å². The van der Waals surface area contributed by atoms with E-state index in [1.807, 2.05) is 0 Å². The van der Waals surface area contributed by atoms with Gasteiger partial charge in [0, 0.05) is 16.6 Å². The maximum absolute atomic E-state index is 11.8. The van der Waals surface area contributed by atoms with Crippen molar-refractivity contribution < 1.29 is 9.53 Å². The zero-order valence-corrected chi connectivity index (χ0v) is 15.8. The molecule has 0 radical (unpaired) electrons. The highest BCUT2D eigenvalue weighted by molar-refractivity contribution is 7.15. The molecular formula is C20H21N3O2S. The van der Waals surface area contributed by atoms with Crippen LogP contribution in [0.25, 0.3) is 10.6 Å². The monoisotopic (exact) mass is 367 g/mol. The third-order valence-corrected chi connectivity index (χ3v) is 5.71. The van der Waals surface area contributed by atoms with Gasteiger partial charge >= 0.3 is 5.97 Å². The Hall–Kier alpha value is -2.47. The number of carbonyl (C=O) groups is 1. The fraction of sp³-hybridized carbons (Fsp3) is 0.350. The first-order chi connectivity index (χ1) is 12.6. The highest BCUT2D eigenvalue weighted by Gasteiger charge is 2.30. The first kappa shape index (κ1) is 17.0. The van der Waals surface area contributed by atoms with Crippen LogP contribution in [0.1, 0.15) is 52.2 Å². The summed E-state index contributed by atoms with van der Waals surface area (Å²) < 4.78 is 6.80. The quantitative estimate of drug-likeness (QED) is 0.605. The lowest BCUT2D eigenvalue weighted by Crippen LogP contribution is -2.05. The van der Waals surface area contributed by atoms with Crippen molar-refractivity contribution in [1.82, 2.24) is 14.8 Å². The minimum Gasteiger partial charge on any atom is -0.462 e. The number of ether oxygens (including phenoxy) is 1. The van der Waals surface area contributed by atoms with Crippen molar-refractivity contribution in [3.05, 3.63) is 58.4 Å². The smallest absolute Gasteiger partial charge is 0.341 e. The minimum atomic E-state index is -0.333. The number of thiazole rings is 1. The van der Waals surface area contributed by atoms with E-state index >= 15 is 0 Å². The fourth-order valence-corrected chi connectivity index (χ4v) is 4.21. The van der Waals surface area contributed by atoms with Gasteiger partial charge in [0.2, 0.25) is 0 Å². The second-order valence-electron chi connectivity index (χ2n) is 6.62. The lowest BCUT2D eigenvalue weighted by atomic mass is 10.1. The molecule has 6 heteroatoms. The van der Waals surface area contributed by atoms with Crippen molar-refractivity contribution >= 4 is 17.3 Å². The molecule has 134 valence electrons. The Balaban J connectivity index is 1.61. The molecule has 0 atom stereocenters. The van der Waals surface area contributed by atoms with Gasteiger partial charge in [-0.15, -0.1) is 11.3 Å². The number of aromatic nitrogens is 3. The molecule has 1 aliphatic carbocycles. The molecule has 2 heterocycles. The molecular weight excluding hydrogens is 346 g/mol. The van der Waals surface area contributed by atoms with Crippen molar-refractivity contribution in [2.45, 2.75) is 39.2 Å². The van der Waals surface area contributed by atoms with E-state index in [9.17, 15) is 4.79 Å². The number of benzene rings is 1. The maximum Gasteiger partial charge on any atom is 0.341 e. The molecule has 0 spiro atoms. The van der Waals surface area contributed by atoms with Crippen LogP contribution in [0.5, 0.6) is 0 Å². The summed E-state index contributed by atoms with van der Waals surface area (Å²) in [5.74, 6) is 0.293. The molecule has 0 saturated heterocycles. The van der Waals surface area contributed by atoms with Crippen molar-refractivity contribution in [3.63, 3.8) is 0 Å². The van der Waals surface area contributed by atoms with Crippen molar-refractivity contribution in [2.75, 3.05) is 6.61 Å². The van der Waals surface area contributed by atoms with E-state index in [1.165, 1.54) is 23.3 Å². The molecule has 0 amide bonds. The van der Waals surface area contributed by atoms with Gasteiger partial charge in [-0.25, -0.2) is 9.78 Å². The van der Waals surface area contributed by atoms with Crippen LogP contribution in [-0.4, -0.2) is 27.3 Å². The van der Waals surface area contributed by atoms with Gasteiger partial charge in [-0.3, -0.25) is 4.68 Å². The Bertz CT molecular complexity index is 940. The summed E-state index contributed by atoms with van der Waals surface area (Å²) in [6.45, 7) is 4.84. The van der Waals surface area contributed by atoms with Crippen LogP contribution in [-0.2, 0) is 11.3 Å². The van der Waals surface area contributed by atoms with Gasteiger partial charge in [0.25, 0.3) is 0 Å². The van der Waals surface area contributed by atoms with Crippen LogP contribution in [0.4, 0.5) is 0 Å². The standard InChI is InChI=1S/C20H21N3O2S/c1-3-25-20(24)16-10-21-23(11-16)12-17-18(14-7-8-14)26-19(22-17)15-6-4-5-13(2)9-15/h4-6,9-11,14H,3,7-8,12H2,1-2H3. The average Bonchev–Trinajstić information content (AvgIpc) is 3.21. The Kier molecular flexibility index (Phi) is 4.59. The van der Waals surface area contributed by atoms with Gasteiger partial charge in [-0.2, -0.15) is 5.10 Å². The third kappa shape index (κ3) is 3.55. The van der Waals surface area contributed by atoms with Crippen LogP contribution in [0.3, 0.4) is 0 Å². The molecule has 5 nitrogen and oxygen atoms in total. The molecule has 0 unspecified atom stereocenters. The molecule has 1 saturated carbocycles.